The molecule has 1 aromatic carbocycles. The van der Waals surface area contributed by atoms with Crippen LogP contribution >= 0.6 is 11.8 Å². The Kier molecular flexibility index (Phi) is 5.94. The first kappa shape index (κ1) is 20.0. The van der Waals surface area contributed by atoms with E-state index in [2.05, 4.69) is 28.1 Å². The van der Waals surface area contributed by atoms with Crippen LogP contribution in [0.5, 0.6) is 0 Å². The van der Waals surface area contributed by atoms with Gasteiger partial charge in [-0.15, -0.1) is 0 Å². The Balaban J connectivity index is 1.49. The fraction of sp³-hybridized carbons (Fsp3) is 0.500. The van der Waals surface area contributed by atoms with Crippen molar-refractivity contribution in [3.05, 3.63) is 35.5 Å². The van der Waals surface area contributed by atoms with Gasteiger partial charge in [-0.1, -0.05) is 30.7 Å². The van der Waals surface area contributed by atoms with E-state index >= 15 is 0 Å². The van der Waals surface area contributed by atoms with Gasteiger partial charge in [-0.05, 0) is 50.2 Å². The van der Waals surface area contributed by atoms with Crippen molar-refractivity contribution in [2.24, 2.45) is 10.4 Å². The first-order valence-corrected chi connectivity index (χ1v) is 11.2. The molecule has 0 bridgehead atoms. The molecular formula is C22H29N5OS. The number of nitrogens with one attached hydrogen (secondary N) is 1. The van der Waals surface area contributed by atoms with Gasteiger partial charge in [0.25, 0.3) is 0 Å². The highest BCUT2D eigenvalue weighted by atomic mass is 32.2. The van der Waals surface area contributed by atoms with Gasteiger partial charge >= 0.3 is 0 Å². The quantitative estimate of drug-likeness (QED) is 0.345. The zero-order valence-corrected chi connectivity index (χ0v) is 18.0. The second-order valence-corrected chi connectivity index (χ2v) is 9.56. The number of hydrogen-bond donors (Lipinski definition) is 1. The Bertz CT molecular complexity index is 918. The van der Waals surface area contributed by atoms with Crippen LogP contribution in [-0.2, 0) is 4.79 Å². The lowest BCUT2D eigenvalue weighted by atomic mass is 9.77. The van der Waals surface area contributed by atoms with E-state index in [1.54, 1.807) is 23.7 Å². The third kappa shape index (κ3) is 4.34. The SMILES string of the molecule is C/C(=C\N=C(N(C)C=O)N1CCC2(CCCC2)CC1)Sc1cccc2[nH]ncc12. The number of nitrogens with zero attached hydrogens (tertiary/aromatic N) is 4. The summed E-state index contributed by atoms with van der Waals surface area (Å²) in [5.74, 6) is 0.745. The summed E-state index contributed by atoms with van der Waals surface area (Å²) in [7, 11) is 1.79. The first-order valence-electron chi connectivity index (χ1n) is 10.4. The van der Waals surface area contributed by atoms with Gasteiger partial charge in [-0.3, -0.25) is 14.8 Å². The van der Waals surface area contributed by atoms with Gasteiger partial charge in [0.05, 0.1) is 11.7 Å². The number of carbonyl (C=O) groups excluding carboxylic acids is 1. The summed E-state index contributed by atoms with van der Waals surface area (Å²) in [4.78, 5) is 22.3. The minimum atomic E-state index is 0.548. The number of allylic oxidation sites excluding steroid dienone is 1. The number of benzene rings is 1. The van der Waals surface area contributed by atoms with Gasteiger partial charge in [0.2, 0.25) is 12.4 Å². The van der Waals surface area contributed by atoms with Crippen LogP contribution < -0.4 is 0 Å². The zero-order valence-electron chi connectivity index (χ0n) is 17.2. The second-order valence-electron chi connectivity index (χ2n) is 8.27. The lowest BCUT2D eigenvalue weighted by Gasteiger charge is -2.41. The highest BCUT2D eigenvalue weighted by Crippen LogP contribution is 2.46. The summed E-state index contributed by atoms with van der Waals surface area (Å²) in [5, 5.41) is 8.25. The second kappa shape index (κ2) is 8.61. The third-order valence-electron chi connectivity index (χ3n) is 6.32. The molecule has 2 aliphatic rings. The number of aromatic amines is 1. The third-order valence-corrected chi connectivity index (χ3v) is 7.33. The molecule has 1 amide bonds. The summed E-state index contributed by atoms with van der Waals surface area (Å²) < 4.78 is 0. The molecule has 2 fully saturated rings. The van der Waals surface area contributed by atoms with Crippen LogP contribution in [-0.4, -0.2) is 52.5 Å². The summed E-state index contributed by atoms with van der Waals surface area (Å²) in [5.41, 5.74) is 1.58. The summed E-state index contributed by atoms with van der Waals surface area (Å²) in [6.07, 6.45) is 12.5. The van der Waals surface area contributed by atoms with Crippen LogP contribution in [0.4, 0.5) is 0 Å². The molecule has 1 saturated carbocycles. The Hall–Kier alpha value is -2.28. The summed E-state index contributed by atoms with van der Waals surface area (Å²) >= 11 is 1.67. The van der Waals surface area contributed by atoms with Crippen molar-refractivity contribution in [3.63, 3.8) is 0 Å². The predicted molar refractivity (Wildman–Crippen MR) is 119 cm³/mol. The molecular weight excluding hydrogens is 382 g/mol. The van der Waals surface area contributed by atoms with E-state index in [-0.39, 0.29) is 0 Å². The predicted octanol–water partition coefficient (Wildman–Crippen LogP) is 4.62. The number of carbonyl (C=O) groups is 1. The molecule has 29 heavy (non-hydrogen) atoms. The molecule has 0 radical (unpaired) electrons. The van der Waals surface area contributed by atoms with Gasteiger partial charge in [0.15, 0.2) is 0 Å². The number of aromatic nitrogens is 2. The van der Waals surface area contributed by atoms with E-state index in [4.69, 9.17) is 4.99 Å². The molecule has 1 aliphatic heterocycles. The van der Waals surface area contributed by atoms with Gasteiger partial charge in [0, 0.05) is 41.5 Å². The van der Waals surface area contributed by atoms with Crippen molar-refractivity contribution in [3.8, 4) is 0 Å². The van der Waals surface area contributed by atoms with Crippen molar-refractivity contribution in [2.75, 3.05) is 20.1 Å². The molecule has 4 rings (SSSR count). The van der Waals surface area contributed by atoms with Crippen molar-refractivity contribution in [1.29, 1.82) is 0 Å². The normalized spacial score (nSPS) is 19.9. The van der Waals surface area contributed by atoms with E-state index in [0.717, 1.165) is 46.2 Å². The number of aliphatic imine (C=N–C) groups is 1. The zero-order chi connectivity index (χ0) is 20.3. The minimum Gasteiger partial charge on any atom is -0.342 e. The average Bonchev–Trinajstić information content (AvgIpc) is 3.39. The van der Waals surface area contributed by atoms with E-state index in [0.29, 0.717) is 5.41 Å². The molecule has 2 heterocycles. The molecule has 1 saturated heterocycles. The maximum Gasteiger partial charge on any atom is 0.216 e. The van der Waals surface area contributed by atoms with Gasteiger partial charge in [0.1, 0.15) is 0 Å². The lowest BCUT2D eigenvalue weighted by molar-refractivity contribution is -0.114. The topological polar surface area (TPSA) is 64.6 Å². The van der Waals surface area contributed by atoms with Crippen LogP contribution in [0.2, 0.25) is 0 Å². The van der Waals surface area contributed by atoms with Crippen molar-refractivity contribution < 1.29 is 4.79 Å². The van der Waals surface area contributed by atoms with Gasteiger partial charge in [-0.2, -0.15) is 5.10 Å². The maximum absolute atomic E-state index is 11.5. The number of piperidine rings is 1. The minimum absolute atomic E-state index is 0.548. The van der Waals surface area contributed by atoms with Gasteiger partial charge in [-0.25, -0.2) is 4.99 Å². The fourth-order valence-electron chi connectivity index (χ4n) is 4.63. The number of guanidine groups is 1. The Morgan fingerprint density at radius 1 is 1.28 bits per heavy atom. The number of hydrogen-bond acceptors (Lipinski definition) is 4. The Labute approximate surface area is 176 Å². The van der Waals surface area contributed by atoms with Crippen LogP contribution in [0.3, 0.4) is 0 Å². The lowest BCUT2D eigenvalue weighted by Crippen LogP contribution is -2.47. The van der Waals surface area contributed by atoms with Crippen LogP contribution in [0.15, 0.2) is 45.4 Å². The number of likely N-dealkylation sites (tertiary alicyclic amines) is 1. The summed E-state index contributed by atoms with van der Waals surface area (Å²) in [6, 6.07) is 6.14. The molecule has 1 N–H and O–H groups in total. The molecule has 0 unspecified atom stereocenters. The summed E-state index contributed by atoms with van der Waals surface area (Å²) in [6.45, 7) is 4.01. The monoisotopic (exact) mass is 411 g/mol. The average molecular weight is 412 g/mol. The maximum atomic E-state index is 11.5. The fourth-order valence-corrected chi connectivity index (χ4v) is 5.50. The smallest absolute Gasteiger partial charge is 0.216 e. The van der Waals surface area contributed by atoms with Crippen molar-refractivity contribution >= 4 is 35.0 Å². The Morgan fingerprint density at radius 2 is 2.03 bits per heavy atom. The largest absolute Gasteiger partial charge is 0.342 e. The molecule has 1 aliphatic carbocycles. The first-order chi connectivity index (χ1) is 14.1. The van der Waals surface area contributed by atoms with Crippen LogP contribution in [0, 0.1) is 5.41 Å². The van der Waals surface area contributed by atoms with Crippen LogP contribution in [0.1, 0.15) is 45.4 Å². The standard InChI is InChI=1S/C22H29N5OS/c1-17(29-20-7-5-6-19-18(20)15-24-25-19)14-23-21(26(2)16-28)27-12-10-22(11-13-27)8-3-4-9-22/h5-7,14-16H,3-4,8-13H2,1-2H3,(H,24,25)/b17-14+,23-21?. The Morgan fingerprint density at radius 3 is 2.76 bits per heavy atom. The van der Waals surface area contributed by atoms with Crippen molar-refractivity contribution in [1.82, 2.24) is 20.0 Å². The molecule has 0 atom stereocenters. The number of H-pyrrole nitrogens is 1. The number of rotatable bonds is 4. The number of thioether (sulfide) groups is 1. The van der Waals surface area contributed by atoms with E-state index in [1.165, 1.54) is 38.5 Å². The molecule has 154 valence electrons. The van der Waals surface area contributed by atoms with E-state index in [9.17, 15) is 4.79 Å². The van der Waals surface area contributed by atoms with Crippen LogP contribution in [0.25, 0.3) is 10.9 Å². The highest BCUT2D eigenvalue weighted by Gasteiger charge is 2.37. The number of fused-ring (bicyclic) bond motifs is 1. The van der Waals surface area contributed by atoms with E-state index in [1.807, 2.05) is 24.5 Å². The van der Waals surface area contributed by atoms with Gasteiger partial charge < -0.3 is 4.90 Å². The number of amides is 1. The molecule has 1 aromatic heterocycles. The van der Waals surface area contributed by atoms with E-state index < -0.39 is 0 Å². The molecule has 2 aromatic rings. The van der Waals surface area contributed by atoms with Crippen molar-refractivity contribution in [2.45, 2.75) is 50.3 Å². The molecule has 6 nitrogen and oxygen atoms in total. The molecule has 1 spiro atoms. The highest BCUT2D eigenvalue weighted by molar-refractivity contribution is 8.03. The molecule has 7 heteroatoms.